The monoisotopic (exact) mass is 402 g/mol. The molecule has 0 amide bonds. The van der Waals surface area contributed by atoms with Crippen LogP contribution in [0.5, 0.6) is 5.75 Å². The van der Waals surface area contributed by atoms with Crippen LogP contribution in [0.1, 0.15) is 76.7 Å². The summed E-state index contributed by atoms with van der Waals surface area (Å²) in [6, 6.07) is 11.9. The molecule has 2 aromatic rings. The van der Waals surface area contributed by atoms with Gasteiger partial charge in [-0.25, -0.2) is 4.39 Å². The summed E-state index contributed by atoms with van der Waals surface area (Å²) in [5.74, 6) is 1.58. The number of rotatable bonds is 8. The van der Waals surface area contributed by atoms with E-state index in [1.807, 2.05) is 12.1 Å². The van der Waals surface area contributed by atoms with Crippen molar-refractivity contribution in [2.24, 2.45) is 5.92 Å². The fourth-order valence-electron chi connectivity index (χ4n) is 4.32. The van der Waals surface area contributed by atoms with E-state index in [0.29, 0.717) is 23.8 Å². The van der Waals surface area contributed by atoms with Crippen molar-refractivity contribution in [3.63, 3.8) is 0 Å². The number of unbranched alkanes of at least 4 members (excludes halogenated alkanes) is 1. The van der Waals surface area contributed by atoms with Crippen molar-refractivity contribution in [3.05, 3.63) is 52.8 Å². The largest absolute Gasteiger partial charge is 0.492 e. The molecule has 1 saturated carbocycles. The zero-order chi connectivity index (χ0) is 19.9. The maximum Gasteiger partial charge on any atom is 0.153 e. The molecule has 0 heterocycles. The molecule has 0 spiro atoms. The minimum Gasteiger partial charge on any atom is -0.492 e. The van der Waals surface area contributed by atoms with Crippen LogP contribution in [0.15, 0.2) is 36.4 Å². The second kappa shape index (κ2) is 10.3. The lowest BCUT2D eigenvalue weighted by atomic mass is 9.77. The predicted molar refractivity (Wildman–Crippen MR) is 117 cm³/mol. The van der Waals surface area contributed by atoms with Gasteiger partial charge in [-0.1, -0.05) is 69.0 Å². The van der Waals surface area contributed by atoms with Crippen molar-refractivity contribution in [2.75, 3.05) is 6.61 Å². The normalized spacial score (nSPS) is 19.6. The first-order chi connectivity index (χ1) is 13.6. The molecule has 0 atom stereocenters. The number of benzene rings is 2. The highest BCUT2D eigenvalue weighted by atomic mass is 35.5. The maximum absolute atomic E-state index is 14.8. The molecule has 3 rings (SSSR count). The molecule has 2 aromatic carbocycles. The van der Waals surface area contributed by atoms with Crippen LogP contribution in [0.4, 0.5) is 4.39 Å². The molecule has 1 aliphatic rings. The van der Waals surface area contributed by atoms with E-state index in [-0.39, 0.29) is 5.02 Å². The Hall–Kier alpha value is -1.54. The highest BCUT2D eigenvalue weighted by Gasteiger charge is 2.22. The van der Waals surface area contributed by atoms with Crippen molar-refractivity contribution in [1.82, 2.24) is 0 Å². The third-order valence-corrected chi connectivity index (χ3v) is 6.39. The second-order valence-corrected chi connectivity index (χ2v) is 8.45. The zero-order valence-corrected chi connectivity index (χ0v) is 17.9. The predicted octanol–water partition coefficient (Wildman–Crippen LogP) is 8.40. The van der Waals surface area contributed by atoms with Gasteiger partial charge < -0.3 is 4.74 Å². The molecule has 152 valence electrons. The molecule has 0 N–H and O–H groups in total. The summed E-state index contributed by atoms with van der Waals surface area (Å²) in [5, 5.41) is 0.0759. The lowest BCUT2D eigenvalue weighted by Crippen LogP contribution is -2.13. The van der Waals surface area contributed by atoms with Crippen LogP contribution in [0.2, 0.25) is 5.02 Å². The van der Waals surface area contributed by atoms with Crippen molar-refractivity contribution in [2.45, 2.75) is 71.1 Å². The van der Waals surface area contributed by atoms with Gasteiger partial charge in [-0.3, -0.25) is 0 Å². The molecule has 0 aromatic heterocycles. The maximum atomic E-state index is 14.8. The Kier molecular flexibility index (Phi) is 7.79. The number of hydrogen-bond donors (Lipinski definition) is 0. The van der Waals surface area contributed by atoms with E-state index in [9.17, 15) is 4.39 Å². The van der Waals surface area contributed by atoms with Gasteiger partial charge in [-0.15, -0.1) is 0 Å². The molecule has 0 saturated heterocycles. The first-order valence-corrected chi connectivity index (χ1v) is 11.2. The van der Waals surface area contributed by atoms with E-state index in [1.54, 1.807) is 12.1 Å². The van der Waals surface area contributed by atoms with E-state index in [2.05, 4.69) is 26.0 Å². The minimum absolute atomic E-state index is 0.0759. The molecule has 28 heavy (non-hydrogen) atoms. The summed E-state index contributed by atoms with van der Waals surface area (Å²) >= 11 is 6.22. The molecular formula is C25H32ClFO. The first kappa shape index (κ1) is 21.2. The van der Waals surface area contributed by atoms with Gasteiger partial charge in [0, 0.05) is 5.56 Å². The summed E-state index contributed by atoms with van der Waals surface area (Å²) in [7, 11) is 0. The van der Waals surface area contributed by atoms with Gasteiger partial charge in [0.05, 0.1) is 6.61 Å². The van der Waals surface area contributed by atoms with E-state index in [4.69, 9.17) is 16.3 Å². The third-order valence-electron chi connectivity index (χ3n) is 6.04. The van der Waals surface area contributed by atoms with Crippen LogP contribution in [-0.2, 0) is 0 Å². The van der Waals surface area contributed by atoms with Crippen molar-refractivity contribution in [3.8, 4) is 16.9 Å². The SMILES string of the molecule is CCCCOc1ccc(-c2ccc([C@H]3CC[C@H](CCC)CC3)cc2)c(F)c1Cl. The van der Waals surface area contributed by atoms with Gasteiger partial charge >= 0.3 is 0 Å². The summed E-state index contributed by atoms with van der Waals surface area (Å²) in [6.07, 6.45) is 9.84. The smallest absolute Gasteiger partial charge is 0.153 e. The molecule has 3 heteroatoms. The Morgan fingerprint density at radius 3 is 2.32 bits per heavy atom. The molecule has 0 unspecified atom stereocenters. The van der Waals surface area contributed by atoms with E-state index >= 15 is 0 Å². The lowest BCUT2D eigenvalue weighted by molar-refractivity contribution is 0.308. The Bertz CT molecular complexity index is 748. The summed E-state index contributed by atoms with van der Waals surface area (Å²) in [4.78, 5) is 0. The molecule has 0 radical (unpaired) electrons. The van der Waals surface area contributed by atoms with Crippen LogP contribution >= 0.6 is 11.6 Å². The third kappa shape index (κ3) is 5.08. The van der Waals surface area contributed by atoms with Gasteiger partial charge in [0.15, 0.2) is 5.82 Å². The van der Waals surface area contributed by atoms with Gasteiger partial charge in [-0.05, 0) is 67.2 Å². The standard InChI is InChI=1S/C25H32ClFO/c1-3-5-17-28-23-16-15-22(25(27)24(23)26)21-13-11-20(12-14-21)19-9-7-18(6-4-2)8-10-19/h11-16,18-19H,3-10,17H2,1-2H3/t18-,19-. The Labute approximate surface area is 174 Å². The van der Waals surface area contributed by atoms with Crippen molar-refractivity contribution < 1.29 is 9.13 Å². The molecule has 0 aliphatic heterocycles. The molecule has 1 nitrogen and oxygen atoms in total. The lowest BCUT2D eigenvalue weighted by Gasteiger charge is -2.28. The molecular weight excluding hydrogens is 371 g/mol. The summed E-state index contributed by atoms with van der Waals surface area (Å²) in [5.41, 5.74) is 2.78. The molecule has 0 bridgehead atoms. The Morgan fingerprint density at radius 2 is 1.68 bits per heavy atom. The van der Waals surface area contributed by atoms with Crippen LogP contribution in [0, 0.1) is 11.7 Å². The average molecular weight is 403 g/mol. The minimum atomic E-state index is -0.400. The Morgan fingerprint density at radius 1 is 0.964 bits per heavy atom. The highest BCUT2D eigenvalue weighted by molar-refractivity contribution is 6.32. The average Bonchev–Trinajstić information content (AvgIpc) is 2.72. The van der Waals surface area contributed by atoms with E-state index < -0.39 is 5.82 Å². The highest BCUT2D eigenvalue weighted by Crippen LogP contribution is 2.39. The van der Waals surface area contributed by atoms with E-state index in [1.165, 1.54) is 44.1 Å². The first-order valence-electron chi connectivity index (χ1n) is 10.8. The van der Waals surface area contributed by atoms with Gasteiger partial charge in [0.2, 0.25) is 0 Å². The number of halogens is 2. The zero-order valence-electron chi connectivity index (χ0n) is 17.1. The van der Waals surface area contributed by atoms with Gasteiger partial charge in [0.1, 0.15) is 10.8 Å². The van der Waals surface area contributed by atoms with Crippen LogP contribution < -0.4 is 4.74 Å². The molecule has 1 aliphatic carbocycles. The van der Waals surface area contributed by atoms with Gasteiger partial charge in [0.25, 0.3) is 0 Å². The summed E-state index contributed by atoms with van der Waals surface area (Å²) in [6.45, 7) is 4.93. The topological polar surface area (TPSA) is 9.23 Å². The summed E-state index contributed by atoms with van der Waals surface area (Å²) < 4.78 is 20.4. The second-order valence-electron chi connectivity index (χ2n) is 8.07. The Balaban J connectivity index is 1.69. The van der Waals surface area contributed by atoms with Crippen LogP contribution in [0.25, 0.3) is 11.1 Å². The van der Waals surface area contributed by atoms with Crippen LogP contribution in [0.3, 0.4) is 0 Å². The molecule has 1 fully saturated rings. The number of ether oxygens (including phenoxy) is 1. The van der Waals surface area contributed by atoms with E-state index in [0.717, 1.165) is 24.3 Å². The van der Waals surface area contributed by atoms with Crippen molar-refractivity contribution >= 4 is 11.6 Å². The van der Waals surface area contributed by atoms with Crippen molar-refractivity contribution in [1.29, 1.82) is 0 Å². The fraction of sp³-hybridized carbons (Fsp3) is 0.520. The fourth-order valence-corrected chi connectivity index (χ4v) is 4.54. The number of hydrogen-bond acceptors (Lipinski definition) is 1. The quantitative estimate of drug-likeness (QED) is 0.402. The van der Waals surface area contributed by atoms with Gasteiger partial charge in [-0.2, -0.15) is 0 Å². The van der Waals surface area contributed by atoms with Crippen LogP contribution in [-0.4, -0.2) is 6.61 Å².